The third-order valence-corrected chi connectivity index (χ3v) is 1.46. The first-order chi connectivity index (χ1) is 5.27. The van der Waals surface area contributed by atoms with E-state index in [1.807, 2.05) is 0 Å². The summed E-state index contributed by atoms with van der Waals surface area (Å²) < 4.78 is 0. The van der Waals surface area contributed by atoms with Gasteiger partial charge in [-0.15, -0.1) is 0 Å². The van der Waals surface area contributed by atoms with E-state index in [1.165, 1.54) is 32.2 Å². The molecule has 2 heteroatoms. The normalized spacial score (nSPS) is 8.91. The van der Waals surface area contributed by atoms with E-state index in [-0.39, 0.29) is 0 Å². The lowest BCUT2D eigenvalue weighted by molar-refractivity contribution is 0.391. The second kappa shape index (κ2) is 12.2. The van der Waals surface area contributed by atoms with Crippen LogP contribution < -0.4 is 0 Å². The van der Waals surface area contributed by atoms with Crippen LogP contribution in [0.3, 0.4) is 0 Å². The second-order valence-corrected chi connectivity index (χ2v) is 2.86. The van der Waals surface area contributed by atoms with E-state index < -0.39 is 0 Å². The van der Waals surface area contributed by atoms with Crippen molar-refractivity contribution in [2.75, 3.05) is 20.6 Å². The molecular formula is C9H20N2. The van der Waals surface area contributed by atoms with Crippen LogP contribution in [0.25, 0.3) is 0 Å². The Kier molecular flexibility index (Phi) is 14.4. The van der Waals surface area contributed by atoms with E-state index in [0.29, 0.717) is 0 Å². The molecule has 0 aromatic heterocycles. The van der Waals surface area contributed by atoms with Gasteiger partial charge in [-0.25, -0.2) is 5.26 Å². The maximum Gasteiger partial charge on any atom is 0.0462 e. The molecule has 2 nitrogen and oxygen atoms in total. The van der Waals surface area contributed by atoms with Crippen LogP contribution in [0.4, 0.5) is 0 Å². The van der Waals surface area contributed by atoms with Gasteiger partial charge in [0.2, 0.25) is 0 Å². The molecule has 0 bridgehead atoms. The molecule has 0 saturated heterocycles. The molecule has 0 N–H and O–H groups in total. The quantitative estimate of drug-likeness (QED) is 0.571. The van der Waals surface area contributed by atoms with Gasteiger partial charge in [0.15, 0.2) is 0 Å². The smallest absolute Gasteiger partial charge is 0.0462 e. The van der Waals surface area contributed by atoms with Crippen LogP contribution in [-0.2, 0) is 0 Å². The average Bonchev–Trinajstić information content (AvgIpc) is 2.02. The zero-order valence-electron chi connectivity index (χ0n) is 8.01. The molecule has 0 unspecified atom stereocenters. The van der Waals surface area contributed by atoms with Gasteiger partial charge >= 0.3 is 0 Å². The maximum absolute atomic E-state index is 6.50. The van der Waals surface area contributed by atoms with Gasteiger partial charge in [0, 0.05) is 6.57 Å². The Morgan fingerprint density at radius 3 is 2.00 bits per heavy atom. The molecule has 0 amide bonds. The topological polar surface area (TPSA) is 27.0 Å². The Hall–Kier alpha value is -0.550. The molecule has 66 valence electrons. The minimum absolute atomic E-state index is 1.25. The Balaban J connectivity index is 0. The van der Waals surface area contributed by atoms with Crippen molar-refractivity contribution in [3.8, 4) is 6.57 Å². The fourth-order valence-electron chi connectivity index (χ4n) is 0.855. The molecule has 0 aliphatic rings. The molecule has 0 aliphatic carbocycles. The van der Waals surface area contributed by atoms with E-state index in [9.17, 15) is 0 Å². The van der Waals surface area contributed by atoms with E-state index >= 15 is 0 Å². The third kappa shape index (κ3) is 17.7. The number of hydrogen-bond acceptors (Lipinski definition) is 2. The summed E-state index contributed by atoms with van der Waals surface area (Å²) in [6.07, 6.45) is 5.50. The van der Waals surface area contributed by atoms with Crippen molar-refractivity contribution < 1.29 is 0 Å². The highest BCUT2D eigenvalue weighted by atomic mass is 15.0. The van der Waals surface area contributed by atoms with Gasteiger partial charge in [0.05, 0.1) is 0 Å². The van der Waals surface area contributed by atoms with Gasteiger partial charge in [-0.05, 0) is 27.1 Å². The Bertz CT molecular complexity index is 76.9. The molecule has 0 atom stereocenters. The Morgan fingerprint density at radius 1 is 1.09 bits per heavy atom. The molecule has 0 heterocycles. The van der Waals surface area contributed by atoms with Crippen LogP contribution in [0, 0.1) is 11.8 Å². The first-order valence-corrected chi connectivity index (χ1v) is 4.18. The fourth-order valence-corrected chi connectivity index (χ4v) is 0.855. The summed E-state index contributed by atoms with van der Waals surface area (Å²) in [5.41, 5.74) is 0. The lowest BCUT2D eigenvalue weighted by Gasteiger charge is -2.07. The van der Waals surface area contributed by atoms with Crippen molar-refractivity contribution >= 4 is 0 Å². The average molecular weight is 156 g/mol. The minimum atomic E-state index is 1.25. The molecular weight excluding hydrogens is 136 g/mol. The number of unbranched alkanes of at least 4 members (excludes halogenated alkanes) is 3. The highest BCUT2D eigenvalue weighted by Crippen LogP contribution is 1.98. The Morgan fingerprint density at radius 2 is 1.64 bits per heavy atom. The summed E-state index contributed by atoms with van der Waals surface area (Å²) in [6.45, 7) is 7.00. The molecule has 0 radical (unpaired) electrons. The predicted octanol–water partition coefficient (Wildman–Crippen LogP) is 2.27. The van der Waals surface area contributed by atoms with Crippen LogP contribution in [0.15, 0.2) is 0 Å². The molecule has 0 saturated carbocycles. The lowest BCUT2D eigenvalue weighted by atomic mass is 10.2. The van der Waals surface area contributed by atoms with Crippen molar-refractivity contribution in [2.45, 2.75) is 32.6 Å². The van der Waals surface area contributed by atoms with E-state index in [4.69, 9.17) is 5.26 Å². The summed E-state index contributed by atoms with van der Waals surface area (Å²) >= 11 is 0. The molecule has 0 aliphatic heterocycles. The highest BCUT2D eigenvalue weighted by Gasteiger charge is 1.88. The van der Waals surface area contributed by atoms with Crippen LogP contribution >= 0.6 is 0 Å². The van der Waals surface area contributed by atoms with Crippen molar-refractivity contribution in [3.05, 3.63) is 0 Å². The summed E-state index contributed by atoms with van der Waals surface area (Å²) in [5.74, 6) is 0. The Labute approximate surface area is 70.8 Å². The SMILES string of the molecule is C#N.CCCCCCN(C)C. The van der Waals surface area contributed by atoms with Crippen molar-refractivity contribution in [3.63, 3.8) is 0 Å². The molecule has 0 fully saturated rings. The summed E-state index contributed by atoms with van der Waals surface area (Å²) in [7, 11) is 4.26. The zero-order valence-corrected chi connectivity index (χ0v) is 8.01. The molecule has 0 spiro atoms. The molecule has 11 heavy (non-hydrogen) atoms. The largest absolute Gasteiger partial charge is 0.309 e. The monoisotopic (exact) mass is 156 g/mol. The van der Waals surface area contributed by atoms with Crippen molar-refractivity contribution in [2.24, 2.45) is 0 Å². The second-order valence-electron chi connectivity index (χ2n) is 2.86. The van der Waals surface area contributed by atoms with Crippen molar-refractivity contribution in [1.82, 2.24) is 4.90 Å². The van der Waals surface area contributed by atoms with E-state index in [2.05, 4.69) is 32.5 Å². The van der Waals surface area contributed by atoms with E-state index in [0.717, 1.165) is 0 Å². The predicted molar refractivity (Wildman–Crippen MR) is 49.4 cm³/mol. The summed E-state index contributed by atoms with van der Waals surface area (Å²) in [4.78, 5) is 2.25. The minimum Gasteiger partial charge on any atom is -0.309 e. The fraction of sp³-hybridized carbons (Fsp3) is 0.889. The first kappa shape index (κ1) is 13.1. The van der Waals surface area contributed by atoms with Gasteiger partial charge in [-0.1, -0.05) is 26.2 Å². The number of nitrogens with zero attached hydrogens (tertiary/aromatic N) is 2. The lowest BCUT2D eigenvalue weighted by Crippen LogP contribution is -2.12. The van der Waals surface area contributed by atoms with Crippen LogP contribution in [0.1, 0.15) is 32.6 Å². The van der Waals surface area contributed by atoms with E-state index in [1.54, 1.807) is 0 Å². The van der Waals surface area contributed by atoms with Crippen molar-refractivity contribution in [1.29, 1.82) is 5.26 Å². The number of nitriles is 1. The third-order valence-electron chi connectivity index (χ3n) is 1.46. The summed E-state index contributed by atoms with van der Waals surface area (Å²) in [6, 6.07) is 0. The van der Waals surface area contributed by atoms with Gasteiger partial charge in [-0.3, -0.25) is 0 Å². The van der Waals surface area contributed by atoms with Gasteiger partial charge < -0.3 is 4.90 Å². The molecule has 0 aromatic carbocycles. The maximum atomic E-state index is 6.50. The molecule has 0 rings (SSSR count). The number of rotatable bonds is 5. The van der Waals surface area contributed by atoms with Gasteiger partial charge in [0.25, 0.3) is 0 Å². The standard InChI is InChI=1S/C8H19N.CHN/c1-4-5-6-7-8-9(2)3;1-2/h4-8H2,1-3H3;1H. The van der Waals surface area contributed by atoms with Crippen LogP contribution in [0.5, 0.6) is 0 Å². The first-order valence-electron chi connectivity index (χ1n) is 4.18. The summed E-state index contributed by atoms with van der Waals surface area (Å²) in [5, 5.41) is 6.50. The number of hydrogen-bond donors (Lipinski definition) is 0. The molecule has 0 aromatic rings. The van der Waals surface area contributed by atoms with Gasteiger partial charge in [0.1, 0.15) is 0 Å². The van der Waals surface area contributed by atoms with Crippen LogP contribution in [0.2, 0.25) is 0 Å². The van der Waals surface area contributed by atoms with Gasteiger partial charge in [-0.2, -0.15) is 0 Å². The van der Waals surface area contributed by atoms with Crippen LogP contribution in [-0.4, -0.2) is 25.5 Å². The highest BCUT2D eigenvalue weighted by molar-refractivity contribution is 4.44. The zero-order chi connectivity index (χ0) is 9.11.